The Hall–Kier alpha value is -2.72. The maximum atomic E-state index is 12.1. The molecule has 4 rings (SSSR count). The number of pyridine rings is 2. The number of hydrogen-bond acceptors (Lipinski definition) is 7. The van der Waals surface area contributed by atoms with Crippen molar-refractivity contribution in [1.82, 2.24) is 9.97 Å². The molecule has 2 atom stereocenters. The zero-order chi connectivity index (χ0) is 26.6. The lowest BCUT2D eigenvalue weighted by Gasteiger charge is -2.26. The predicted molar refractivity (Wildman–Crippen MR) is 152 cm³/mol. The predicted octanol–water partition coefficient (Wildman–Crippen LogP) is 5.88. The second-order valence-electron chi connectivity index (χ2n) is 9.25. The summed E-state index contributed by atoms with van der Waals surface area (Å²) in [5.74, 6) is 1.05. The van der Waals surface area contributed by atoms with Crippen LogP contribution >= 0.6 is 23.2 Å². The normalized spacial score (nSPS) is 17.1. The van der Waals surface area contributed by atoms with Crippen LogP contribution in [0.25, 0.3) is 0 Å². The van der Waals surface area contributed by atoms with Crippen LogP contribution in [0.4, 0.5) is 11.5 Å². The number of rotatable bonds is 9. The van der Waals surface area contributed by atoms with E-state index in [1.54, 1.807) is 30.8 Å². The van der Waals surface area contributed by atoms with E-state index in [4.69, 9.17) is 38.1 Å². The second kappa shape index (κ2) is 11.8. The SMILES string of the molecule is C[C@@H](Oc1ccc(NC2CCCCO2)c(C(=N)c2ccc(N[SH](C)(C)=O)nc2)c1)c1c(Cl)cncc1Cl. The molecule has 11 heteroatoms. The summed E-state index contributed by atoms with van der Waals surface area (Å²) in [4.78, 5) is 8.35. The Morgan fingerprint density at radius 3 is 2.54 bits per heavy atom. The van der Waals surface area contributed by atoms with Crippen LogP contribution in [0.1, 0.15) is 49.0 Å². The van der Waals surface area contributed by atoms with Gasteiger partial charge in [0.05, 0.1) is 15.8 Å². The average molecular weight is 565 g/mol. The summed E-state index contributed by atoms with van der Waals surface area (Å²) in [6, 6.07) is 9.03. The van der Waals surface area contributed by atoms with E-state index in [0.717, 1.165) is 24.9 Å². The quantitative estimate of drug-likeness (QED) is 0.191. The summed E-state index contributed by atoms with van der Waals surface area (Å²) in [5.41, 5.74) is 2.89. The van der Waals surface area contributed by atoms with Crippen molar-refractivity contribution in [3.63, 3.8) is 0 Å². The molecule has 1 aliphatic rings. The van der Waals surface area contributed by atoms with E-state index in [2.05, 4.69) is 20.0 Å². The maximum absolute atomic E-state index is 12.1. The van der Waals surface area contributed by atoms with E-state index >= 15 is 0 Å². The number of thiol groups is 1. The zero-order valence-electron chi connectivity index (χ0n) is 20.9. The van der Waals surface area contributed by atoms with Crippen LogP contribution in [-0.2, 0) is 14.9 Å². The minimum absolute atomic E-state index is 0.131. The van der Waals surface area contributed by atoms with E-state index in [1.165, 1.54) is 12.4 Å². The van der Waals surface area contributed by atoms with Gasteiger partial charge in [-0.15, -0.1) is 0 Å². The molecule has 3 N–H and O–H groups in total. The van der Waals surface area contributed by atoms with Gasteiger partial charge >= 0.3 is 0 Å². The summed E-state index contributed by atoms with van der Waals surface area (Å²) < 4.78 is 27.1. The molecule has 1 aromatic carbocycles. The number of aromatic nitrogens is 2. The molecule has 1 fully saturated rings. The fourth-order valence-electron chi connectivity index (χ4n) is 4.07. The first-order valence-electron chi connectivity index (χ1n) is 12.0. The van der Waals surface area contributed by atoms with Gasteiger partial charge < -0.3 is 19.5 Å². The standard InChI is InChI=1S/C26H31Cl2N5O3S/c1-16(25-20(27)14-30-15-21(25)28)36-18-8-9-22(32-24-6-4-5-11-35-24)19(12-18)26(29)17-7-10-23(31-13-17)33-37(2,3)34/h7-10,12-16,24,29,32,37H,4-6,11H2,1-3H3,(H,31,33,34)/t16-,24?/m1/s1. The number of ether oxygens (including phenoxy) is 2. The van der Waals surface area contributed by atoms with Gasteiger partial charge in [0, 0.05) is 60.1 Å². The lowest BCUT2D eigenvalue weighted by atomic mass is 10.0. The van der Waals surface area contributed by atoms with Crippen LogP contribution in [0.3, 0.4) is 0 Å². The third-order valence-electron chi connectivity index (χ3n) is 5.80. The molecule has 3 aromatic rings. The van der Waals surface area contributed by atoms with Gasteiger partial charge in [0.25, 0.3) is 0 Å². The third kappa shape index (κ3) is 7.19. The fourth-order valence-corrected chi connectivity index (χ4v) is 5.43. The molecule has 1 saturated heterocycles. The van der Waals surface area contributed by atoms with Gasteiger partial charge in [0.2, 0.25) is 0 Å². The molecule has 0 bridgehead atoms. The molecule has 2 aromatic heterocycles. The van der Waals surface area contributed by atoms with Gasteiger partial charge in [-0.05, 0) is 66.6 Å². The third-order valence-corrected chi connectivity index (χ3v) is 7.17. The van der Waals surface area contributed by atoms with Crippen molar-refractivity contribution in [3.8, 4) is 5.75 Å². The van der Waals surface area contributed by atoms with Crippen molar-refractivity contribution in [2.24, 2.45) is 0 Å². The highest BCUT2D eigenvalue weighted by molar-refractivity contribution is 8.02. The Morgan fingerprint density at radius 2 is 1.92 bits per heavy atom. The summed E-state index contributed by atoms with van der Waals surface area (Å²) in [6.45, 7) is 2.56. The first-order valence-corrected chi connectivity index (χ1v) is 15.3. The van der Waals surface area contributed by atoms with Crippen molar-refractivity contribution in [1.29, 1.82) is 5.41 Å². The van der Waals surface area contributed by atoms with Gasteiger partial charge in [-0.2, -0.15) is 0 Å². The Kier molecular flexibility index (Phi) is 8.69. The number of benzene rings is 1. The van der Waals surface area contributed by atoms with Crippen LogP contribution in [-0.4, -0.2) is 45.2 Å². The molecule has 0 radical (unpaired) electrons. The van der Waals surface area contributed by atoms with Gasteiger partial charge in [-0.25, -0.2) is 4.98 Å². The molecule has 1 aliphatic heterocycles. The molecular weight excluding hydrogens is 533 g/mol. The van der Waals surface area contributed by atoms with Gasteiger partial charge in [-0.3, -0.25) is 14.6 Å². The Balaban J connectivity index is 1.64. The molecule has 198 valence electrons. The molecule has 1 unspecified atom stereocenters. The summed E-state index contributed by atoms with van der Waals surface area (Å²) in [6.07, 6.45) is 10.3. The average Bonchev–Trinajstić information content (AvgIpc) is 2.84. The van der Waals surface area contributed by atoms with E-state index in [1.807, 2.05) is 25.1 Å². The maximum Gasteiger partial charge on any atom is 0.136 e. The van der Waals surface area contributed by atoms with Crippen molar-refractivity contribution >= 4 is 50.5 Å². The Labute approximate surface area is 228 Å². The van der Waals surface area contributed by atoms with E-state index in [9.17, 15) is 4.21 Å². The van der Waals surface area contributed by atoms with Gasteiger partial charge in [0.15, 0.2) is 0 Å². The molecule has 3 heterocycles. The minimum atomic E-state index is -2.50. The highest BCUT2D eigenvalue weighted by Gasteiger charge is 2.20. The topological polar surface area (TPSA) is 109 Å². The largest absolute Gasteiger partial charge is 0.486 e. The van der Waals surface area contributed by atoms with Crippen LogP contribution < -0.4 is 14.8 Å². The van der Waals surface area contributed by atoms with Crippen molar-refractivity contribution in [3.05, 3.63) is 75.7 Å². The van der Waals surface area contributed by atoms with Crippen molar-refractivity contribution in [2.75, 3.05) is 29.2 Å². The summed E-state index contributed by atoms with van der Waals surface area (Å²) in [7, 11) is -2.50. The second-order valence-corrected chi connectivity index (χ2v) is 13.0. The molecule has 37 heavy (non-hydrogen) atoms. The van der Waals surface area contributed by atoms with E-state index < -0.39 is 16.2 Å². The first-order chi connectivity index (χ1) is 17.6. The minimum Gasteiger partial charge on any atom is -0.486 e. The van der Waals surface area contributed by atoms with Crippen LogP contribution in [0.15, 0.2) is 48.9 Å². The number of hydrogen-bond donors (Lipinski definition) is 4. The van der Waals surface area contributed by atoms with Crippen LogP contribution in [0.5, 0.6) is 5.75 Å². The van der Waals surface area contributed by atoms with Crippen LogP contribution in [0, 0.1) is 5.41 Å². The van der Waals surface area contributed by atoms with Crippen molar-refractivity contribution < 1.29 is 13.7 Å². The monoisotopic (exact) mass is 563 g/mol. The number of nitrogens with zero attached hydrogens (tertiary/aromatic N) is 2. The first kappa shape index (κ1) is 27.3. The fraction of sp³-hybridized carbons (Fsp3) is 0.346. The van der Waals surface area contributed by atoms with Gasteiger partial charge in [0.1, 0.15) is 23.9 Å². The lowest BCUT2D eigenvalue weighted by molar-refractivity contribution is 0.0343. The summed E-state index contributed by atoms with van der Waals surface area (Å²) >= 11 is 12.6. The number of nitrogens with one attached hydrogen (secondary N) is 3. The van der Waals surface area contributed by atoms with Gasteiger partial charge in [-0.1, -0.05) is 23.2 Å². The number of anilines is 2. The molecule has 0 spiro atoms. The van der Waals surface area contributed by atoms with E-state index in [0.29, 0.717) is 44.9 Å². The molecule has 0 saturated carbocycles. The smallest absolute Gasteiger partial charge is 0.136 e. The highest BCUT2D eigenvalue weighted by Crippen LogP contribution is 2.34. The van der Waals surface area contributed by atoms with Crippen molar-refractivity contribution in [2.45, 2.75) is 38.5 Å². The Bertz CT molecular complexity index is 1290. The molecule has 0 amide bonds. The van der Waals surface area contributed by atoms with E-state index in [-0.39, 0.29) is 11.9 Å². The summed E-state index contributed by atoms with van der Waals surface area (Å²) in [5, 5.41) is 13.3. The molecule has 8 nitrogen and oxygen atoms in total. The number of halogens is 2. The van der Waals surface area contributed by atoms with Crippen LogP contribution in [0.2, 0.25) is 10.0 Å². The Morgan fingerprint density at radius 1 is 1.16 bits per heavy atom. The lowest BCUT2D eigenvalue weighted by Crippen LogP contribution is -2.28. The zero-order valence-corrected chi connectivity index (χ0v) is 23.3. The molecule has 0 aliphatic carbocycles. The molecular formula is C26H31Cl2N5O3S. The highest BCUT2D eigenvalue weighted by atomic mass is 35.5.